The lowest BCUT2D eigenvalue weighted by Crippen LogP contribution is -2.33. The second kappa shape index (κ2) is 7.35. The summed E-state index contributed by atoms with van der Waals surface area (Å²) in [4.78, 5) is 35.6. The molecule has 0 fully saturated rings. The van der Waals surface area contributed by atoms with Gasteiger partial charge in [-0.1, -0.05) is 18.2 Å². The summed E-state index contributed by atoms with van der Waals surface area (Å²) in [6, 6.07) is 17.5. The van der Waals surface area contributed by atoms with Crippen LogP contribution in [-0.4, -0.2) is 24.6 Å². The minimum atomic E-state index is -1.22. The van der Waals surface area contributed by atoms with Crippen LogP contribution in [0.1, 0.15) is 58.2 Å². The molecule has 0 saturated carbocycles. The molecule has 0 bridgehead atoms. The number of carbonyl (C=O) groups is 2. The number of rotatable bonds is 3. The van der Waals surface area contributed by atoms with Crippen LogP contribution in [0, 0.1) is 0 Å². The van der Waals surface area contributed by atoms with Crippen molar-refractivity contribution in [2.45, 2.75) is 32.0 Å². The van der Waals surface area contributed by atoms with Crippen LogP contribution < -0.4 is 9.47 Å². The standard InChI is InChI=1S/C26H22O7/c1-25(2,3)33-32-23(27)15-9-11-19-21(13-15)30-22-14-16(29-4)10-12-20(22)26(19)18-8-6-5-7-17(18)24(28)31-26/h5-14H,1-4H3. The SMILES string of the molecule is COc1ccc2c(c1)Oc1cc(C(=O)OOC(C)(C)C)ccc1C21OC(=O)c2ccccc21. The van der Waals surface area contributed by atoms with Crippen molar-refractivity contribution in [3.05, 3.63) is 88.5 Å². The van der Waals surface area contributed by atoms with Crippen LogP contribution in [0.15, 0.2) is 60.7 Å². The lowest BCUT2D eigenvalue weighted by Gasteiger charge is -2.36. The smallest absolute Gasteiger partial charge is 0.373 e. The fourth-order valence-electron chi connectivity index (χ4n) is 4.12. The lowest BCUT2D eigenvalue weighted by atomic mass is 9.77. The first kappa shape index (κ1) is 21.0. The molecule has 3 aromatic rings. The Kier molecular flexibility index (Phi) is 4.68. The molecule has 3 aromatic carbocycles. The van der Waals surface area contributed by atoms with E-state index in [-0.39, 0.29) is 5.56 Å². The van der Waals surface area contributed by atoms with Crippen molar-refractivity contribution in [2.75, 3.05) is 7.11 Å². The van der Waals surface area contributed by atoms with Crippen molar-refractivity contribution < 1.29 is 33.6 Å². The predicted octanol–water partition coefficient (Wildman–Crippen LogP) is 5.15. The van der Waals surface area contributed by atoms with E-state index in [9.17, 15) is 9.59 Å². The zero-order chi connectivity index (χ0) is 23.4. The number of ether oxygens (including phenoxy) is 3. The molecule has 7 nitrogen and oxygen atoms in total. The van der Waals surface area contributed by atoms with Gasteiger partial charge in [0.1, 0.15) is 22.8 Å². The minimum absolute atomic E-state index is 0.233. The Morgan fingerprint density at radius 1 is 0.909 bits per heavy atom. The molecule has 33 heavy (non-hydrogen) atoms. The summed E-state index contributed by atoms with van der Waals surface area (Å²) >= 11 is 0. The molecule has 0 radical (unpaired) electrons. The summed E-state index contributed by atoms with van der Waals surface area (Å²) in [6.07, 6.45) is 0. The maximum atomic E-state index is 12.9. The zero-order valence-corrected chi connectivity index (χ0v) is 18.6. The van der Waals surface area contributed by atoms with Crippen molar-refractivity contribution in [2.24, 2.45) is 0 Å². The van der Waals surface area contributed by atoms with E-state index in [2.05, 4.69) is 0 Å². The van der Waals surface area contributed by atoms with E-state index in [1.807, 2.05) is 18.2 Å². The molecule has 0 amide bonds. The molecule has 0 saturated heterocycles. The number of esters is 1. The van der Waals surface area contributed by atoms with Crippen LogP contribution in [0.25, 0.3) is 0 Å². The van der Waals surface area contributed by atoms with E-state index >= 15 is 0 Å². The summed E-state index contributed by atoms with van der Waals surface area (Å²) in [7, 11) is 1.56. The highest BCUT2D eigenvalue weighted by Crippen LogP contribution is 2.56. The molecule has 7 heteroatoms. The summed E-state index contributed by atoms with van der Waals surface area (Å²) in [6.45, 7) is 5.32. The Hall–Kier alpha value is -3.84. The predicted molar refractivity (Wildman–Crippen MR) is 118 cm³/mol. The molecule has 1 unspecified atom stereocenters. The van der Waals surface area contributed by atoms with Gasteiger partial charge in [-0.3, -0.25) is 4.89 Å². The van der Waals surface area contributed by atoms with Crippen molar-refractivity contribution >= 4 is 11.9 Å². The van der Waals surface area contributed by atoms with Gasteiger partial charge in [-0.2, -0.15) is 4.89 Å². The highest BCUT2D eigenvalue weighted by atomic mass is 17.2. The quantitative estimate of drug-likeness (QED) is 0.313. The van der Waals surface area contributed by atoms with E-state index in [0.717, 1.165) is 0 Å². The van der Waals surface area contributed by atoms with Gasteiger partial charge in [0, 0.05) is 22.8 Å². The lowest BCUT2D eigenvalue weighted by molar-refractivity contribution is -0.301. The first-order valence-corrected chi connectivity index (χ1v) is 10.5. The van der Waals surface area contributed by atoms with Crippen molar-refractivity contribution in [3.8, 4) is 17.2 Å². The molecule has 0 aliphatic carbocycles. The van der Waals surface area contributed by atoms with Gasteiger partial charge in [-0.15, -0.1) is 0 Å². The van der Waals surface area contributed by atoms with Gasteiger partial charge >= 0.3 is 11.9 Å². The summed E-state index contributed by atoms with van der Waals surface area (Å²) in [5.74, 6) is 0.320. The number of fused-ring (bicyclic) bond motifs is 6. The highest BCUT2D eigenvalue weighted by Gasteiger charge is 2.53. The van der Waals surface area contributed by atoms with E-state index in [0.29, 0.717) is 39.5 Å². The second-order valence-corrected chi connectivity index (χ2v) is 8.86. The first-order valence-electron chi connectivity index (χ1n) is 10.5. The molecule has 1 atom stereocenters. The van der Waals surface area contributed by atoms with Gasteiger partial charge in [-0.05, 0) is 57.2 Å². The number of carbonyl (C=O) groups excluding carboxylic acids is 2. The molecular weight excluding hydrogens is 424 g/mol. The molecule has 0 N–H and O–H groups in total. The van der Waals surface area contributed by atoms with E-state index < -0.39 is 23.1 Å². The summed E-state index contributed by atoms with van der Waals surface area (Å²) in [5, 5.41) is 0. The zero-order valence-electron chi connectivity index (χ0n) is 18.6. The molecule has 2 aliphatic rings. The van der Waals surface area contributed by atoms with Gasteiger partial charge in [-0.25, -0.2) is 9.59 Å². The number of hydrogen-bond acceptors (Lipinski definition) is 7. The fourth-order valence-corrected chi connectivity index (χ4v) is 4.12. The maximum Gasteiger partial charge on any atom is 0.373 e. The normalized spacial score (nSPS) is 18.0. The molecule has 5 rings (SSSR count). The number of methoxy groups -OCH3 is 1. The van der Waals surface area contributed by atoms with Gasteiger partial charge in [0.25, 0.3) is 0 Å². The first-order chi connectivity index (χ1) is 15.7. The second-order valence-electron chi connectivity index (χ2n) is 8.86. The van der Waals surface area contributed by atoms with Crippen LogP contribution in [-0.2, 0) is 20.1 Å². The van der Waals surface area contributed by atoms with Crippen LogP contribution in [0.5, 0.6) is 17.2 Å². The Bertz CT molecular complexity index is 1290. The Labute approximate surface area is 190 Å². The maximum absolute atomic E-state index is 12.9. The minimum Gasteiger partial charge on any atom is -0.497 e. The average molecular weight is 446 g/mol. The van der Waals surface area contributed by atoms with Gasteiger partial charge < -0.3 is 14.2 Å². The van der Waals surface area contributed by atoms with Crippen molar-refractivity contribution in [3.63, 3.8) is 0 Å². The average Bonchev–Trinajstić information content (AvgIpc) is 3.09. The van der Waals surface area contributed by atoms with Crippen LogP contribution in [0.4, 0.5) is 0 Å². The third-order valence-electron chi connectivity index (χ3n) is 5.52. The van der Waals surface area contributed by atoms with Gasteiger partial charge in [0.15, 0.2) is 5.60 Å². The number of hydrogen-bond donors (Lipinski definition) is 0. The monoisotopic (exact) mass is 446 g/mol. The van der Waals surface area contributed by atoms with E-state index in [1.54, 1.807) is 70.3 Å². The largest absolute Gasteiger partial charge is 0.497 e. The third kappa shape index (κ3) is 3.32. The molecular formula is C26H22O7. The number of benzene rings is 3. The fraction of sp³-hybridized carbons (Fsp3) is 0.231. The molecule has 0 aromatic heterocycles. The topological polar surface area (TPSA) is 80.3 Å². The van der Waals surface area contributed by atoms with Crippen LogP contribution in [0.3, 0.4) is 0 Å². The summed E-state index contributed by atoms with van der Waals surface area (Å²) in [5.41, 5.74) is 0.824. The van der Waals surface area contributed by atoms with Gasteiger partial charge in [0.05, 0.1) is 18.2 Å². The van der Waals surface area contributed by atoms with E-state index in [4.69, 9.17) is 24.0 Å². The Morgan fingerprint density at radius 3 is 2.33 bits per heavy atom. The molecule has 168 valence electrons. The van der Waals surface area contributed by atoms with Crippen molar-refractivity contribution in [1.29, 1.82) is 0 Å². The third-order valence-corrected chi connectivity index (χ3v) is 5.52. The molecule has 2 heterocycles. The van der Waals surface area contributed by atoms with Crippen LogP contribution >= 0.6 is 0 Å². The van der Waals surface area contributed by atoms with Gasteiger partial charge in [0.2, 0.25) is 0 Å². The van der Waals surface area contributed by atoms with Crippen molar-refractivity contribution in [1.82, 2.24) is 0 Å². The Balaban J connectivity index is 1.67. The van der Waals surface area contributed by atoms with E-state index in [1.165, 1.54) is 0 Å². The summed E-state index contributed by atoms with van der Waals surface area (Å²) < 4.78 is 17.6. The molecule has 2 aliphatic heterocycles. The highest BCUT2D eigenvalue weighted by molar-refractivity contribution is 5.97. The molecule has 1 spiro atoms. The Morgan fingerprint density at radius 2 is 1.61 bits per heavy atom. The van der Waals surface area contributed by atoms with Crippen LogP contribution in [0.2, 0.25) is 0 Å².